The Hall–Kier alpha value is -1.29. The maximum absolute atomic E-state index is 6.17. The Labute approximate surface area is 128 Å². The van der Waals surface area contributed by atoms with Crippen LogP contribution in [0.4, 0.5) is 0 Å². The van der Waals surface area contributed by atoms with E-state index in [1.165, 1.54) is 0 Å². The minimum atomic E-state index is 0.0588. The van der Waals surface area contributed by atoms with Crippen LogP contribution in [0.5, 0.6) is 5.75 Å². The molecule has 0 aliphatic carbocycles. The van der Waals surface area contributed by atoms with E-state index in [0.717, 1.165) is 23.3 Å². The number of nitrogens with one attached hydrogen (secondary N) is 1. The van der Waals surface area contributed by atoms with Crippen LogP contribution in [0.2, 0.25) is 10.0 Å². The van der Waals surface area contributed by atoms with Crippen LogP contribution in [0, 0.1) is 0 Å². The number of halogens is 2. The SMILES string of the molecule is CNC(Cc1ccncc1Cl)c1cc(Cl)ccc1OC. The summed E-state index contributed by atoms with van der Waals surface area (Å²) < 4.78 is 5.41. The van der Waals surface area contributed by atoms with Crippen molar-refractivity contribution in [1.82, 2.24) is 10.3 Å². The first kappa shape index (κ1) is 15.1. The van der Waals surface area contributed by atoms with Gasteiger partial charge in [-0.15, -0.1) is 0 Å². The number of pyridine rings is 1. The maximum Gasteiger partial charge on any atom is 0.123 e. The van der Waals surface area contributed by atoms with Gasteiger partial charge in [0, 0.05) is 29.0 Å². The number of methoxy groups -OCH3 is 1. The third-order valence-electron chi connectivity index (χ3n) is 3.20. The molecule has 0 saturated carbocycles. The summed E-state index contributed by atoms with van der Waals surface area (Å²) in [5.41, 5.74) is 2.04. The molecule has 20 heavy (non-hydrogen) atoms. The molecule has 0 bridgehead atoms. The van der Waals surface area contributed by atoms with Gasteiger partial charge in [-0.1, -0.05) is 23.2 Å². The van der Waals surface area contributed by atoms with Crippen LogP contribution in [-0.4, -0.2) is 19.1 Å². The van der Waals surface area contributed by atoms with Gasteiger partial charge >= 0.3 is 0 Å². The molecule has 1 aromatic heterocycles. The number of likely N-dealkylation sites (N-methyl/N-ethyl adjacent to an activating group) is 1. The van der Waals surface area contributed by atoms with E-state index >= 15 is 0 Å². The Morgan fingerprint density at radius 1 is 1.30 bits per heavy atom. The van der Waals surface area contributed by atoms with E-state index in [2.05, 4.69) is 10.3 Å². The number of ether oxygens (including phenoxy) is 1. The van der Waals surface area contributed by atoms with Crippen LogP contribution in [0.3, 0.4) is 0 Å². The lowest BCUT2D eigenvalue weighted by atomic mass is 9.98. The number of nitrogens with zero attached hydrogens (tertiary/aromatic N) is 1. The van der Waals surface area contributed by atoms with E-state index in [9.17, 15) is 0 Å². The predicted molar refractivity (Wildman–Crippen MR) is 82.8 cm³/mol. The van der Waals surface area contributed by atoms with Gasteiger partial charge in [0.05, 0.1) is 12.1 Å². The minimum Gasteiger partial charge on any atom is -0.496 e. The quantitative estimate of drug-likeness (QED) is 0.909. The molecule has 1 aromatic carbocycles. The zero-order valence-corrected chi connectivity index (χ0v) is 12.9. The topological polar surface area (TPSA) is 34.2 Å². The van der Waals surface area contributed by atoms with Gasteiger partial charge in [0.2, 0.25) is 0 Å². The Morgan fingerprint density at radius 2 is 2.10 bits per heavy atom. The lowest BCUT2D eigenvalue weighted by Crippen LogP contribution is -2.19. The highest BCUT2D eigenvalue weighted by atomic mass is 35.5. The molecule has 0 aliphatic rings. The van der Waals surface area contributed by atoms with Crippen molar-refractivity contribution in [2.24, 2.45) is 0 Å². The van der Waals surface area contributed by atoms with Crippen LogP contribution < -0.4 is 10.1 Å². The van der Waals surface area contributed by atoms with E-state index in [1.54, 1.807) is 19.5 Å². The van der Waals surface area contributed by atoms with Gasteiger partial charge in [-0.25, -0.2) is 0 Å². The second kappa shape index (κ2) is 6.93. The molecule has 0 fully saturated rings. The molecule has 5 heteroatoms. The zero-order valence-electron chi connectivity index (χ0n) is 11.4. The van der Waals surface area contributed by atoms with Gasteiger partial charge in [-0.05, 0) is 43.3 Å². The molecule has 3 nitrogen and oxygen atoms in total. The fraction of sp³-hybridized carbons (Fsp3) is 0.267. The number of hydrogen-bond donors (Lipinski definition) is 1. The van der Waals surface area contributed by atoms with Gasteiger partial charge in [-0.3, -0.25) is 4.98 Å². The average Bonchev–Trinajstić information content (AvgIpc) is 2.46. The number of hydrogen-bond acceptors (Lipinski definition) is 3. The third-order valence-corrected chi connectivity index (χ3v) is 3.77. The largest absolute Gasteiger partial charge is 0.496 e. The fourth-order valence-electron chi connectivity index (χ4n) is 2.13. The molecule has 106 valence electrons. The standard InChI is InChI=1S/C15H16Cl2N2O/c1-18-14(7-10-5-6-19-9-13(10)17)12-8-11(16)3-4-15(12)20-2/h3-6,8-9,14,18H,7H2,1-2H3. The molecule has 0 spiro atoms. The van der Waals surface area contributed by atoms with Crippen molar-refractivity contribution in [1.29, 1.82) is 0 Å². The highest BCUT2D eigenvalue weighted by Gasteiger charge is 2.17. The first-order chi connectivity index (χ1) is 9.65. The molecular formula is C15H16Cl2N2O. The Kier molecular flexibility index (Phi) is 5.24. The van der Waals surface area contributed by atoms with Crippen LogP contribution >= 0.6 is 23.2 Å². The molecule has 1 unspecified atom stereocenters. The summed E-state index contributed by atoms with van der Waals surface area (Å²) in [4.78, 5) is 4.00. The van der Waals surface area contributed by atoms with Gasteiger partial charge in [0.25, 0.3) is 0 Å². The maximum atomic E-state index is 6.17. The van der Waals surface area contributed by atoms with Gasteiger partial charge in [0.1, 0.15) is 5.75 Å². The lowest BCUT2D eigenvalue weighted by molar-refractivity contribution is 0.401. The predicted octanol–water partition coefficient (Wildman–Crippen LogP) is 3.90. The molecule has 1 atom stereocenters. The highest BCUT2D eigenvalue weighted by Crippen LogP contribution is 2.31. The first-order valence-electron chi connectivity index (χ1n) is 6.24. The lowest BCUT2D eigenvalue weighted by Gasteiger charge is -2.20. The van der Waals surface area contributed by atoms with Crippen LogP contribution in [0.15, 0.2) is 36.7 Å². The summed E-state index contributed by atoms with van der Waals surface area (Å²) in [6.07, 6.45) is 4.12. The summed E-state index contributed by atoms with van der Waals surface area (Å²) in [5.74, 6) is 0.805. The monoisotopic (exact) mass is 310 g/mol. The fourth-order valence-corrected chi connectivity index (χ4v) is 2.51. The Morgan fingerprint density at radius 3 is 2.75 bits per heavy atom. The molecule has 1 N–H and O–H groups in total. The summed E-state index contributed by atoms with van der Waals surface area (Å²) in [7, 11) is 3.55. The summed E-state index contributed by atoms with van der Waals surface area (Å²) >= 11 is 12.3. The summed E-state index contributed by atoms with van der Waals surface area (Å²) in [6, 6.07) is 7.58. The molecule has 0 saturated heterocycles. The van der Waals surface area contributed by atoms with E-state index < -0.39 is 0 Å². The Balaban J connectivity index is 2.33. The van der Waals surface area contributed by atoms with Crippen molar-refractivity contribution in [2.45, 2.75) is 12.5 Å². The smallest absolute Gasteiger partial charge is 0.123 e. The van der Waals surface area contributed by atoms with Crippen molar-refractivity contribution >= 4 is 23.2 Å². The van der Waals surface area contributed by atoms with E-state index in [4.69, 9.17) is 27.9 Å². The first-order valence-corrected chi connectivity index (χ1v) is 7.00. The average molecular weight is 311 g/mol. The normalized spacial score (nSPS) is 12.2. The highest BCUT2D eigenvalue weighted by molar-refractivity contribution is 6.31. The molecule has 2 aromatic rings. The van der Waals surface area contributed by atoms with Crippen LogP contribution in [0.25, 0.3) is 0 Å². The van der Waals surface area contributed by atoms with E-state index in [-0.39, 0.29) is 6.04 Å². The number of rotatable bonds is 5. The molecule has 2 rings (SSSR count). The molecule has 0 amide bonds. The van der Waals surface area contributed by atoms with Crippen molar-refractivity contribution in [2.75, 3.05) is 14.2 Å². The Bertz CT molecular complexity index is 590. The number of aromatic nitrogens is 1. The summed E-state index contributed by atoms with van der Waals surface area (Å²) in [6.45, 7) is 0. The van der Waals surface area contributed by atoms with Gasteiger partial charge in [-0.2, -0.15) is 0 Å². The van der Waals surface area contributed by atoms with Crippen LogP contribution in [-0.2, 0) is 6.42 Å². The van der Waals surface area contributed by atoms with E-state index in [1.807, 2.05) is 31.3 Å². The molecule has 1 heterocycles. The number of benzene rings is 1. The minimum absolute atomic E-state index is 0.0588. The summed E-state index contributed by atoms with van der Waals surface area (Å²) in [5, 5.41) is 4.62. The van der Waals surface area contributed by atoms with E-state index in [0.29, 0.717) is 10.0 Å². The van der Waals surface area contributed by atoms with Crippen molar-refractivity contribution in [3.05, 3.63) is 57.8 Å². The van der Waals surface area contributed by atoms with Crippen molar-refractivity contribution in [3.8, 4) is 5.75 Å². The van der Waals surface area contributed by atoms with Crippen molar-refractivity contribution < 1.29 is 4.74 Å². The zero-order chi connectivity index (χ0) is 14.5. The van der Waals surface area contributed by atoms with Crippen molar-refractivity contribution in [3.63, 3.8) is 0 Å². The van der Waals surface area contributed by atoms with Gasteiger partial charge in [0.15, 0.2) is 0 Å². The third kappa shape index (κ3) is 3.42. The van der Waals surface area contributed by atoms with Gasteiger partial charge < -0.3 is 10.1 Å². The molecule has 0 radical (unpaired) electrons. The molecule has 0 aliphatic heterocycles. The van der Waals surface area contributed by atoms with Crippen LogP contribution in [0.1, 0.15) is 17.2 Å². The second-order valence-corrected chi connectivity index (χ2v) is 5.24. The molecular weight excluding hydrogens is 295 g/mol. The second-order valence-electron chi connectivity index (χ2n) is 4.40.